The third-order valence-corrected chi connectivity index (χ3v) is 7.54. The Morgan fingerprint density at radius 2 is 1.93 bits per heavy atom. The largest absolute Gasteiger partial charge is 0.464 e. The second kappa shape index (κ2) is 11.4. The van der Waals surface area contributed by atoms with Crippen LogP contribution in [0.15, 0.2) is 66.9 Å². The first-order chi connectivity index (χ1) is 20.0. The van der Waals surface area contributed by atoms with Gasteiger partial charge in [-0.3, -0.25) is 4.79 Å². The standard InChI is InChI=1S/C31H32N6O4/c1-36-24-12-7-6-11-23(24)34-26(36)19-32-21-17-22-27(35-30(38)25-13-8-16-41-25)28(31(39)40-2)37(29(22)33-18-21)15-14-20-9-4-3-5-10-20/h3-7,9-12,17-18,25,32H,8,13-16,19H2,1-2H3,(H,35,38)/t25-/m1/s1. The number of para-hydroxylation sites is 2. The van der Waals surface area contributed by atoms with Crippen LogP contribution >= 0.6 is 0 Å². The van der Waals surface area contributed by atoms with Crippen molar-refractivity contribution >= 4 is 45.3 Å². The molecule has 2 aromatic carbocycles. The van der Waals surface area contributed by atoms with E-state index in [4.69, 9.17) is 19.4 Å². The zero-order valence-electron chi connectivity index (χ0n) is 23.1. The molecule has 5 aromatic rings. The number of ether oxygens (including phenoxy) is 2. The molecular weight excluding hydrogens is 520 g/mol. The van der Waals surface area contributed by atoms with Gasteiger partial charge in [-0.1, -0.05) is 42.5 Å². The van der Waals surface area contributed by atoms with Crippen molar-refractivity contribution in [3.05, 3.63) is 83.9 Å². The van der Waals surface area contributed by atoms with E-state index in [9.17, 15) is 9.59 Å². The molecule has 2 N–H and O–H groups in total. The van der Waals surface area contributed by atoms with Gasteiger partial charge in [-0.25, -0.2) is 14.8 Å². The average molecular weight is 553 g/mol. The van der Waals surface area contributed by atoms with E-state index in [1.807, 2.05) is 72.3 Å². The molecule has 4 heterocycles. The molecule has 1 amide bonds. The second-order valence-corrected chi connectivity index (χ2v) is 10.1. The van der Waals surface area contributed by atoms with Gasteiger partial charge in [0.2, 0.25) is 0 Å². The lowest BCUT2D eigenvalue weighted by atomic mass is 10.1. The Bertz CT molecular complexity index is 1720. The maximum absolute atomic E-state index is 13.2. The third-order valence-electron chi connectivity index (χ3n) is 7.54. The van der Waals surface area contributed by atoms with Crippen molar-refractivity contribution in [1.29, 1.82) is 0 Å². The summed E-state index contributed by atoms with van der Waals surface area (Å²) in [5, 5.41) is 7.04. The fraction of sp³-hybridized carbons (Fsp3) is 0.290. The summed E-state index contributed by atoms with van der Waals surface area (Å²) < 4.78 is 14.7. The summed E-state index contributed by atoms with van der Waals surface area (Å²) >= 11 is 0. The number of pyridine rings is 1. The van der Waals surface area contributed by atoms with Crippen LogP contribution in [0.3, 0.4) is 0 Å². The number of aryl methyl sites for hydroxylation is 3. The fourth-order valence-corrected chi connectivity index (χ4v) is 5.38. The first-order valence-electron chi connectivity index (χ1n) is 13.7. The van der Waals surface area contributed by atoms with E-state index in [0.29, 0.717) is 49.3 Å². The molecule has 0 unspecified atom stereocenters. The predicted octanol–water partition coefficient (Wildman–Crippen LogP) is 4.68. The van der Waals surface area contributed by atoms with Crippen molar-refractivity contribution in [2.24, 2.45) is 7.05 Å². The van der Waals surface area contributed by atoms with Crippen molar-refractivity contribution in [1.82, 2.24) is 19.1 Å². The zero-order chi connectivity index (χ0) is 28.3. The van der Waals surface area contributed by atoms with E-state index in [2.05, 4.69) is 15.2 Å². The molecule has 210 valence electrons. The number of imidazole rings is 1. The highest BCUT2D eigenvalue weighted by molar-refractivity contribution is 6.12. The maximum atomic E-state index is 13.2. The lowest BCUT2D eigenvalue weighted by Gasteiger charge is -2.13. The number of anilines is 2. The van der Waals surface area contributed by atoms with Crippen molar-refractivity contribution in [3.63, 3.8) is 0 Å². The minimum atomic E-state index is -0.560. The Morgan fingerprint density at radius 1 is 1.12 bits per heavy atom. The second-order valence-electron chi connectivity index (χ2n) is 10.1. The molecule has 0 radical (unpaired) electrons. The molecule has 3 aromatic heterocycles. The van der Waals surface area contributed by atoms with Crippen LogP contribution < -0.4 is 10.6 Å². The topological polar surface area (TPSA) is 112 Å². The van der Waals surface area contributed by atoms with Crippen LogP contribution in [0.1, 0.15) is 34.7 Å². The number of rotatable bonds is 9. The van der Waals surface area contributed by atoms with Gasteiger partial charge in [-0.15, -0.1) is 0 Å². The van der Waals surface area contributed by atoms with Gasteiger partial charge in [-0.05, 0) is 43.0 Å². The van der Waals surface area contributed by atoms with Crippen molar-refractivity contribution < 1.29 is 19.1 Å². The number of methoxy groups -OCH3 is 1. The number of hydrogen-bond donors (Lipinski definition) is 2. The van der Waals surface area contributed by atoms with Crippen molar-refractivity contribution in [2.75, 3.05) is 24.4 Å². The molecule has 0 bridgehead atoms. The summed E-state index contributed by atoms with van der Waals surface area (Å²) in [5.41, 5.74) is 5.04. The smallest absolute Gasteiger partial charge is 0.356 e. The number of carbonyl (C=O) groups is 2. The Balaban J connectivity index is 1.38. The number of aromatic nitrogens is 4. The van der Waals surface area contributed by atoms with Crippen LogP contribution in [-0.4, -0.2) is 50.8 Å². The summed E-state index contributed by atoms with van der Waals surface area (Å²) in [4.78, 5) is 35.9. The summed E-state index contributed by atoms with van der Waals surface area (Å²) in [7, 11) is 3.33. The maximum Gasteiger partial charge on any atom is 0.356 e. The molecule has 10 nitrogen and oxygen atoms in total. The van der Waals surface area contributed by atoms with Gasteiger partial charge in [0.1, 0.15) is 17.6 Å². The summed E-state index contributed by atoms with van der Waals surface area (Å²) in [5.74, 6) is 0.0367. The zero-order valence-corrected chi connectivity index (χ0v) is 23.1. The Labute approximate surface area is 237 Å². The fourth-order valence-electron chi connectivity index (χ4n) is 5.38. The van der Waals surface area contributed by atoms with Gasteiger partial charge >= 0.3 is 5.97 Å². The van der Waals surface area contributed by atoms with E-state index in [-0.39, 0.29) is 11.6 Å². The van der Waals surface area contributed by atoms with E-state index in [1.54, 1.807) is 6.20 Å². The highest BCUT2D eigenvalue weighted by Gasteiger charge is 2.30. The predicted molar refractivity (Wildman–Crippen MR) is 157 cm³/mol. The molecule has 41 heavy (non-hydrogen) atoms. The lowest BCUT2D eigenvalue weighted by molar-refractivity contribution is -0.124. The minimum absolute atomic E-state index is 0.254. The highest BCUT2D eigenvalue weighted by atomic mass is 16.5. The van der Waals surface area contributed by atoms with Gasteiger partial charge in [0.05, 0.1) is 42.3 Å². The van der Waals surface area contributed by atoms with Crippen LogP contribution in [-0.2, 0) is 40.8 Å². The molecule has 10 heteroatoms. The van der Waals surface area contributed by atoms with Crippen LogP contribution in [0, 0.1) is 0 Å². The number of nitrogens with zero attached hydrogens (tertiary/aromatic N) is 4. The van der Waals surface area contributed by atoms with E-state index < -0.39 is 12.1 Å². The molecule has 1 aliphatic heterocycles. The molecule has 6 rings (SSSR count). The van der Waals surface area contributed by atoms with Gasteiger partial charge < -0.3 is 29.2 Å². The summed E-state index contributed by atoms with van der Waals surface area (Å²) in [6, 6.07) is 19.9. The van der Waals surface area contributed by atoms with Crippen LogP contribution in [0.5, 0.6) is 0 Å². The van der Waals surface area contributed by atoms with Gasteiger partial charge in [0.15, 0.2) is 5.69 Å². The quantitative estimate of drug-likeness (QED) is 0.255. The molecule has 0 spiro atoms. The number of hydrogen-bond acceptors (Lipinski definition) is 7. The lowest BCUT2D eigenvalue weighted by Crippen LogP contribution is -2.28. The van der Waals surface area contributed by atoms with Crippen LogP contribution in [0.25, 0.3) is 22.1 Å². The normalized spacial score (nSPS) is 14.9. The minimum Gasteiger partial charge on any atom is -0.464 e. The molecule has 0 aliphatic carbocycles. The molecule has 1 saturated heterocycles. The summed E-state index contributed by atoms with van der Waals surface area (Å²) in [6.07, 6.45) is 3.29. The van der Waals surface area contributed by atoms with Crippen LogP contribution in [0.2, 0.25) is 0 Å². The molecule has 0 saturated carbocycles. The van der Waals surface area contributed by atoms with E-state index >= 15 is 0 Å². The number of benzene rings is 2. The average Bonchev–Trinajstić information content (AvgIpc) is 3.73. The molecule has 1 atom stereocenters. The number of fused-ring (bicyclic) bond motifs is 2. The van der Waals surface area contributed by atoms with Crippen LogP contribution in [0.4, 0.5) is 11.4 Å². The number of amides is 1. The molecule has 1 aliphatic rings. The number of esters is 1. The number of carbonyl (C=O) groups excluding carboxylic acids is 2. The molecular formula is C31H32N6O4. The first kappa shape index (κ1) is 26.5. The van der Waals surface area contributed by atoms with E-state index in [1.165, 1.54) is 7.11 Å². The summed E-state index contributed by atoms with van der Waals surface area (Å²) in [6.45, 7) is 1.48. The number of nitrogens with one attached hydrogen (secondary N) is 2. The highest BCUT2D eigenvalue weighted by Crippen LogP contribution is 2.34. The van der Waals surface area contributed by atoms with E-state index in [0.717, 1.165) is 34.5 Å². The Morgan fingerprint density at radius 3 is 2.68 bits per heavy atom. The van der Waals surface area contributed by atoms with Crippen molar-refractivity contribution in [2.45, 2.75) is 38.5 Å². The van der Waals surface area contributed by atoms with Gasteiger partial charge in [-0.2, -0.15) is 0 Å². The van der Waals surface area contributed by atoms with Gasteiger partial charge in [0, 0.05) is 25.6 Å². The van der Waals surface area contributed by atoms with Crippen molar-refractivity contribution in [3.8, 4) is 0 Å². The first-order valence-corrected chi connectivity index (χ1v) is 13.7. The monoisotopic (exact) mass is 552 g/mol. The SMILES string of the molecule is COC(=O)c1c(NC(=O)[C@H]2CCCO2)c2cc(NCc3nc4ccccc4n3C)cnc2n1CCc1ccccc1. The Hall–Kier alpha value is -4.70. The Kier molecular flexibility index (Phi) is 7.39. The van der Waals surface area contributed by atoms with Gasteiger partial charge in [0.25, 0.3) is 5.91 Å². The third kappa shape index (κ3) is 5.26. The molecule has 1 fully saturated rings.